The molecule has 0 aliphatic heterocycles. The second-order valence-corrected chi connectivity index (χ2v) is 4.82. The first kappa shape index (κ1) is 12.8. The van der Waals surface area contributed by atoms with Crippen molar-refractivity contribution < 1.29 is 9.90 Å². The first-order chi connectivity index (χ1) is 8.72. The fourth-order valence-corrected chi connectivity index (χ4v) is 2.58. The van der Waals surface area contributed by atoms with Crippen LogP contribution in [0.5, 0.6) is 0 Å². The largest absolute Gasteiger partial charge is 0.392 e. The fourth-order valence-electron chi connectivity index (χ4n) is 1.75. The molecule has 0 spiro atoms. The smallest absolute Gasteiger partial charge is 0.252 e. The van der Waals surface area contributed by atoms with Crippen LogP contribution >= 0.6 is 11.3 Å². The first-order valence-electron chi connectivity index (χ1n) is 5.71. The van der Waals surface area contributed by atoms with Crippen LogP contribution in [0.1, 0.15) is 27.0 Å². The van der Waals surface area contributed by atoms with Crippen molar-refractivity contribution in [2.75, 3.05) is 0 Å². The average molecular weight is 261 g/mol. The van der Waals surface area contributed by atoms with E-state index in [-0.39, 0.29) is 12.5 Å². The van der Waals surface area contributed by atoms with Gasteiger partial charge < -0.3 is 10.4 Å². The number of aliphatic hydroxyl groups excluding tert-OH is 1. The summed E-state index contributed by atoms with van der Waals surface area (Å²) in [6.07, 6.45) is 0. The van der Waals surface area contributed by atoms with Crippen molar-refractivity contribution in [3.63, 3.8) is 0 Å². The molecular formula is C14H15NO2S. The topological polar surface area (TPSA) is 49.3 Å². The maximum absolute atomic E-state index is 11.9. The molecule has 4 heteroatoms. The number of aryl methyl sites for hydroxylation is 1. The molecule has 1 amide bonds. The quantitative estimate of drug-likeness (QED) is 0.888. The predicted octanol–water partition coefficient (Wildman–Crippen LogP) is 2.48. The SMILES string of the molecule is Cc1cscc1C(=O)NCc1ccccc1CO. The summed E-state index contributed by atoms with van der Waals surface area (Å²) in [7, 11) is 0. The highest BCUT2D eigenvalue weighted by molar-refractivity contribution is 7.08. The summed E-state index contributed by atoms with van der Waals surface area (Å²) in [6.45, 7) is 2.35. The number of aliphatic hydroxyl groups is 1. The Kier molecular flexibility index (Phi) is 4.12. The normalized spacial score (nSPS) is 10.3. The third-order valence-corrected chi connectivity index (χ3v) is 3.69. The van der Waals surface area contributed by atoms with Gasteiger partial charge in [-0.25, -0.2) is 0 Å². The zero-order valence-electron chi connectivity index (χ0n) is 10.1. The number of rotatable bonds is 4. The Morgan fingerprint density at radius 2 is 2.00 bits per heavy atom. The number of amides is 1. The van der Waals surface area contributed by atoms with Crippen LogP contribution in [0.3, 0.4) is 0 Å². The van der Waals surface area contributed by atoms with Gasteiger partial charge in [-0.3, -0.25) is 4.79 Å². The number of nitrogens with one attached hydrogen (secondary N) is 1. The Labute approximate surface area is 110 Å². The van der Waals surface area contributed by atoms with Gasteiger partial charge in [0.2, 0.25) is 0 Å². The second-order valence-electron chi connectivity index (χ2n) is 4.08. The highest BCUT2D eigenvalue weighted by Crippen LogP contribution is 2.14. The molecule has 94 valence electrons. The Bertz CT molecular complexity index is 548. The minimum atomic E-state index is -0.0681. The van der Waals surface area contributed by atoms with Crippen LogP contribution in [0.2, 0.25) is 0 Å². The predicted molar refractivity (Wildman–Crippen MR) is 72.6 cm³/mol. The van der Waals surface area contributed by atoms with E-state index in [2.05, 4.69) is 5.32 Å². The molecule has 0 aliphatic rings. The van der Waals surface area contributed by atoms with Gasteiger partial charge in [0.15, 0.2) is 0 Å². The van der Waals surface area contributed by atoms with Gasteiger partial charge in [-0.05, 0) is 29.0 Å². The van der Waals surface area contributed by atoms with Crippen molar-refractivity contribution in [3.05, 3.63) is 57.3 Å². The van der Waals surface area contributed by atoms with E-state index in [9.17, 15) is 9.90 Å². The Morgan fingerprint density at radius 1 is 1.28 bits per heavy atom. The average Bonchev–Trinajstić information content (AvgIpc) is 2.82. The van der Waals surface area contributed by atoms with Crippen LogP contribution in [-0.2, 0) is 13.2 Å². The Morgan fingerprint density at radius 3 is 2.61 bits per heavy atom. The number of hydrogen-bond acceptors (Lipinski definition) is 3. The van der Waals surface area contributed by atoms with E-state index in [1.807, 2.05) is 41.9 Å². The van der Waals surface area contributed by atoms with Gasteiger partial charge in [0.05, 0.1) is 12.2 Å². The maximum atomic E-state index is 11.9. The van der Waals surface area contributed by atoms with Gasteiger partial charge in [-0.1, -0.05) is 24.3 Å². The van der Waals surface area contributed by atoms with E-state index in [0.29, 0.717) is 6.54 Å². The van der Waals surface area contributed by atoms with Crippen molar-refractivity contribution in [2.45, 2.75) is 20.1 Å². The zero-order chi connectivity index (χ0) is 13.0. The number of thiophene rings is 1. The van der Waals surface area contributed by atoms with Crippen molar-refractivity contribution in [2.24, 2.45) is 0 Å². The number of carbonyl (C=O) groups is 1. The van der Waals surface area contributed by atoms with Crippen LogP contribution < -0.4 is 5.32 Å². The third kappa shape index (κ3) is 2.78. The molecule has 0 saturated carbocycles. The lowest BCUT2D eigenvalue weighted by molar-refractivity contribution is 0.0950. The van der Waals surface area contributed by atoms with Gasteiger partial charge in [0.25, 0.3) is 5.91 Å². The number of hydrogen-bond donors (Lipinski definition) is 2. The standard InChI is InChI=1S/C14H15NO2S/c1-10-8-18-9-13(10)14(17)15-6-11-4-2-3-5-12(11)7-16/h2-5,8-9,16H,6-7H2,1H3,(H,15,17). The molecule has 18 heavy (non-hydrogen) atoms. The molecule has 1 heterocycles. The van der Waals surface area contributed by atoms with Crippen molar-refractivity contribution in [3.8, 4) is 0 Å². The van der Waals surface area contributed by atoms with Gasteiger partial charge >= 0.3 is 0 Å². The summed E-state index contributed by atoms with van der Waals surface area (Å²) in [5, 5.41) is 15.9. The fraction of sp³-hybridized carbons (Fsp3) is 0.214. The van der Waals surface area contributed by atoms with Gasteiger partial charge in [0.1, 0.15) is 0 Å². The minimum Gasteiger partial charge on any atom is -0.392 e. The molecule has 0 aliphatic carbocycles. The summed E-state index contributed by atoms with van der Waals surface area (Å²) in [5.74, 6) is -0.0681. The molecule has 0 saturated heterocycles. The van der Waals surface area contributed by atoms with Crippen molar-refractivity contribution in [1.82, 2.24) is 5.32 Å². The molecule has 3 nitrogen and oxygen atoms in total. The van der Waals surface area contributed by atoms with Crippen LogP contribution in [0.15, 0.2) is 35.0 Å². The molecule has 1 aromatic carbocycles. The second kappa shape index (κ2) is 5.80. The lowest BCUT2D eigenvalue weighted by Gasteiger charge is -2.08. The molecule has 0 atom stereocenters. The lowest BCUT2D eigenvalue weighted by atomic mass is 10.1. The van der Waals surface area contributed by atoms with Crippen molar-refractivity contribution >= 4 is 17.2 Å². The molecule has 1 aromatic heterocycles. The monoisotopic (exact) mass is 261 g/mol. The van der Waals surface area contributed by atoms with E-state index in [1.165, 1.54) is 11.3 Å². The molecule has 0 fully saturated rings. The summed E-state index contributed by atoms with van der Waals surface area (Å²) in [5.41, 5.74) is 3.51. The molecule has 0 bridgehead atoms. The lowest BCUT2D eigenvalue weighted by Crippen LogP contribution is -2.23. The number of benzene rings is 1. The highest BCUT2D eigenvalue weighted by atomic mass is 32.1. The Balaban J connectivity index is 2.04. The van der Waals surface area contributed by atoms with Crippen molar-refractivity contribution in [1.29, 1.82) is 0 Å². The van der Waals surface area contributed by atoms with E-state index in [4.69, 9.17) is 0 Å². The van der Waals surface area contributed by atoms with Crippen LogP contribution in [0.4, 0.5) is 0 Å². The Hall–Kier alpha value is -1.65. The number of carbonyl (C=O) groups excluding carboxylic acids is 1. The minimum absolute atomic E-state index is 0.0104. The molecule has 2 aromatic rings. The zero-order valence-corrected chi connectivity index (χ0v) is 11.0. The third-order valence-electron chi connectivity index (χ3n) is 2.83. The highest BCUT2D eigenvalue weighted by Gasteiger charge is 2.09. The molecule has 0 unspecified atom stereocenters. The summed E-state index contributed by atoms with van der Waals surface area (Å²) < 4.78 is 0. The van der Waals surface area contributed by atoms with E-state index < -0.39 is 0 Å². The van der Waals surface area contributed by atoms with Gasteiger partial charge in [0, 0.05) is 11.9 Å². The van der Waals surface area contributed by atoms with E-state index in [0.717, 1.165) is 22.3 Å². The molecule has 2 rings (SSSR count). The van der Waals surface area contributed by atoms with Gasteiger partial charge in [-0.15, -0.1) is 0 Å². The maximum Gasteiger partial charge on any atom is 0.252 e. The molecule has 0 radical (unpaired) electrons. The van der Waals surface area contributed by atoms with E-state index in [1.54, 1.807) is 0 Å². The summed E-state index contributed by atoms with van der Waals surface area (Å²) in [4.78, 5) is 11.9. The molecular weight excluding hydrogens is 246 g/mol. The van der Waals surface area contributed by atoms with Crippen LogP contribution in [-0.4, -0.2) is 11.0 Å². The van der Waals surface area contributed by atoms with E-state index >= 15 is 0 Å². The van der Waals surface area contributed by atoms with Crippen LogP contribution in [0, 0.1) is 6.92 Å². The first-order valence-corrected chi connectivity index (χ1v) is 6.65. The summed E-state index contributed by atoms with van der Waals surface area (Å²) in [6, 6.07) is 7.54. The molecule has 2 N–H and O–H groups in total. The van der Waals surface area contributed by atoms with Gasteiger partial charge in [-0.2, -0.15) is 11.3 Å². The van der Waals surface area contributed by atoms with Crippen LogP contribution in [0.25, 0.3) is 0 Å². The summed E-state index contributed by atoms with van der Waals surface area (Å²) >= 11 is 1.52.